The van der Waals surface area contributed by atoms with Gasteiger partial charge in [0.1, 0.15) is 11.6 Å². The lowest BCUT2D eigenvalue weighted by Crippen LogP contribution is -2.44. The monoisotopic (exact) mass is 354 g/mol. The van der Waals surface area contributed by atoms with E-state index >= 15 is 0 Å². The molecule has 1 fully saturated rings. The van der Waals surface area contributed by atoms with Crippen molar-refractivity contribution in [2.75, 3.05) is 44.3 Å². The van der Waals surface area contributed by atoms with E-state index in [1.165, 1.54) is 12.1 Å². The maximum Gasteiger partial charge on any atom is 0.191 e. The number of anilines is 1. The molecule has 1 aromatic rings. The minimum absolute atomic E-state index is 0.175. The Bertz CT molecular complexity index is 568. The number of nitrogens with one attached hydrogen (secondary N) is 2. The lowest BCUT2D eigenvalue weighted by atomic mass is 10.2. The number of rotatable bonds is 8. The molecule has 7 heteroatoms. The molecule has 1 saturated heterocycles. The van der Waals surface area contributed by atoms with E-state index in [0.717, 1.165) is 44.6 Å². The second-order valence-corrected chi connectivity index (χ2v) is 5.98. The molecule has 0 spiro atoms. The van der Waals surface area contributed by atoms with E-state index in [2.05, 4.69) is 15.6 Å². The number of ether oxygens (including phenoxy) is 1. The first-order valence-corrected chi connectivity index (χ1v) is 8.96. The van der Waals surface area contributed by atoms with Gasteiger partial charge in [-0.1, -0.05) is 0 Å². The van der Waals surface area contributed by atoms with E-state index in [9.17, 15) is 8.78 Å². The quantitative estimate of drug-likeness (QED) is 0.428. The van der Waals surface area contributed by atoms with E-state index in [4.69, 9.17) is 4.74 Å². The molecule has 0 radical (unpaired) electrons. The molecule has 140 valence electrons. The number of hydrogen-bond acceptors (Lipinski definition) is 3. The van der Waals surface area contributed by atoms with Crippen LogP contribution in [0.3, 0.4) is 0 Å². The average molecular weight is 354 g/mol. The predicted molar refractivity (Wildman–Crippen MR) is 97.2 cm³/mol. The van der Waals surface area contributed by atoms with E-state index in [1.54, 1.807) is 0 Å². The third-order valence-corrected chi connectivity index (χ3v) is 4.04. The van der Waals surface area contributed by atoms with Crippen LogP contribution in [-0.4, -0.2) is 51.4 Å². The first-order valence-electron chi connectivity index (χ1n) is 8.96. The van der Waals surface area contributed by atoms with Gasteiger partial charge in [0.2, 0.25) is 0 Å². The largest absolute Gasteiger partial charge is 0.382 e. The summed E-state index contributed by atoms with van der Waals surface area (Å²) in [6, 6.07) is 3.90. The summed E-state index contributed by atoms with van der Waals surface area (Å²) in [5.74, 6) is -0.300. The van der Waals surface area contributed by atoms with Crippen molar-refractivity contribution in [1.82, 2.24) is 10.6 Å². The van der Waals surface area contributed by atoms with Crippen LogP contribution >= 0.6 is 0 Å². The standard InChI is InChI=1S/C18H28F2N4O/c1-3-21-18(22-9-5-11-25-4-2)23-15-8-10-24(13-15)17-7-6-14(19)12-16(17)20/h6-7,12,15H,3-5,8-11,13H2,1-2H3,(H2,21,22,23). The maximum atomic E-state index is 13.9. The Morgan fingerprint density at radius 1 is 1.36 bits per heavy atom. The molecule has 2 N–H and O–H groups in total. The predicted octanol–water partition coefficient (Wildman–Crippen LogP) is 2.53. The topological polar surface area (TPSA) is 48.9 Å². The van der Waals surface area contributed by atoms with Gasteiger partial charge in [0.15, 0.2) is 5.96 Å². The number of halogens is 2. The summed E-state index contributed by atoms with van der Waals surface area (Å²) in [7, 11) is 0. The summed E-state index contributed by atoms with van der Waals surface area (Å²) in [5, 5.41) is 6.63. The molecule has 1 aromatic carbocycles. The van der Waals surface area contributed by atoms with Crippen molar-refractivity contribution in [2.24, 2.45) is 4.99 Å². The van der Waals surface area contributed by atoms with E-state index in [-0.39, 0.29) is 6.04 Å². The molecular formula is C18H28F2N4O. The van der Waals surface area contributed by atoms with Gasteiger partial charge >= 0.3 is 0 Å². The minimum atomic E-state index is -0.552. The fourth-order valence-corrected chi connectivity index (χ4v) is 2.85. The highest BCUT2D eigenvalue weighted by atomic mass is 19.1. The van der Waals surface area contributed by atoms with E-state index in [0.29, 0.717) is 25.4 Å². The molecule has 1 atom stereocenters. The summed E-state index contributed by atoms with van der Waals surface area (Å²) in [6.45, 7) is 8.28. The Hall–Kier alpha value is -1.89. The zero-order valence-corrected chi connectivity index (χ0v) is 15.0. The average Bonchev–Trinajstić information content (AvgIpc) is 3.03. The van der Waals surface area contributed by atoms with Crippen LogP contribution in [0.2, 0.25) is 0 Å². The highest BCUT2D eigenvalue weighted by Gasteiger charge is 2.25. The van der Waals surface area contributed by atoms with Crippen molar-refractivity contribution < 1.29 is 13.5 Å². The number of nitrogens with zero attached hydrogens (tertiary/aromatic N) is 2. The molecule has 1 aliphatic rings. The zero-order valence-electron chi connectivity index (χ0n) is 15.0. The lowest BCUT2D eigenvalue weighted by Gasteiger charge is -2.21. The van der Waals surface area contributed by atoms with Gasteiger partial charge in [-0.05, 0) is 38.8 Å². The van der Waals surface area contributed by atoms with Crippen LogP contribution in [0.25, 0.3) is 0 Å². The molecule has 0 saturated carbocycles. The molecule has 1 aliphatic heterocycles. The maximum absolute atomic E-state index is 13.9. The Balaban J connectivity index is 1.87. The van der Waals surface area contributed by atoms with Crippen molar-refractivity contribution in [1.29, 1.82) is 0 Å². The molecule has 2 rings (SSSR count). The van der Waals surface area contributed by atoms with Crippen molar-refractivity contribution >= 4 is 11.6 Å². The van der Waals surface area contributed by atoms with Gasteiger partial charge in [0.25, 0.3) is 0 Å². The molecule has 0 bridgehead atoms. The van der Waals surface area contributed by atoms with Crippen LogP contribution in [0.5, 0.6) is 0 Å². The van der Waals surface area contributed by atoms with Crippen molar-refractivity contribution in [3.05, 3.63) is 29.8 Å². The second kappa shape index (κ2) is 10.2. The van der Waals surface area contributed by atoms with Gasteiger partial charge in [-0.15, -0.1) is 0 Å². The Labute approximate surface area is 148 Å². The van der Waals surface area contributed by atoms with Gasteiger partial charge < -0.3 is 20.3 Å². The van der Waals surface area contributed by atoms with Crippen LogP contribution in [0.4, 0.5) is 14.5 Å². The summed E-state index contributed by atoms with van der Waals surface area (Å²) in [4.78, 5) is 6.48. The fraction of sp³-hybridized carbons (Fsp3) is 0.611. The number of benzene rings is 1. The Morgan fingerprint density at radius 2 is 2.20 bits per heavy atom. The fourth-order valence-electron chi connectivity index (χ4n) is 2.85. The van der Waals surface area contributed by atoms with Crippen LogP contribution in [0.1, 0.15) is 26.7 Å². The third-order valence-electron chi connectivity index (χ3n) is 4.04. The van der Waals surface area contributed by atoms with Crippen LogP contribution < -0.4 is 15.5 Å². The smallest absolute Gasteiger partial charge is 0.191 e. The minimum Gasteiger partial charge on any atom is -0.382 e. The van der Waals surface area contributed by atoms with Gasteiger partial charge in [-0.2, -0.15) is 0 Å². The normalized spacial score (nSPS) is 17.8. The van der Waals surface area contributed by atoms with E-state index in [1.807, 2.05) is 18.7 Å². The van der Waals surface area contributed by atoms with Crippen LogP contribution in [-0.2, 0) is 4.74 Å². The van der Waals surface area contributed by atoms with Crippen LogP contribution in [0, 0.1) is 11.6 Å². The van der Waals surface area contributed by atoms with Crippen molar-refractivity contribution in [3.63, 3.8) is 0 Å². The zero-order chi connectivity index (χ0) is 18.1. The third kappa shape index (κ3) is 6.16. The molecule has 5 nitrogen and oxygen atoms in total. The number of aliphatic imine (C=N–C) groups is 1. The summed E-state index contributed by atoms with van der Waals surface area (Å²) in [6.07, 6.45) is 1.75. The summed E-state index contributed by atoms with van der Waals surface area (Å²) < 4.78 is 32.3. The van der Waals surface area contributed by atoms with Gasteiger partial charge in [0, 0.05) is 51.5 Å². The van der Waals surface area contributed by atoms with E-state index < -0.39 is 11.6 Å². The molecule has 0 aliphatic carbocycles. The van der Waals surface area contributed by atoms with Gasteiger partial charge in [-0.25, -0.2) is 8.78 Å². The molecular weight excluding hydrogens is 326 g/mol. The number of hydrogen-bond donors (Lipinski definition) is 2. The first kappa shape index (κ1) is 19.4. The SMILES string of the molecule is CCNC(=NCCCOCC)NC1CCN(c2ccc(F)cc2F)C1. The number of guanidine groups is 1. The highest BCUT2D eigenvalue weighted by molar-refractivity contribution is 5.80. The summed E-state index contributed by atoms with van der Waals surface area (Å²) >= 11 is 0. The van der Waals surface area contributed by atoms with Crippen LogP contribution in [0.15, 0.2) is 23.2 Å². The van der Waals surface area contributed by atoms with Crippen molar-refractivity contribution in [3.8, 4) is 0 Å². The summed E-state index contributed by atoms with van der Waals surface area (Å²) in [5.41, 5.74) is 0.448. The Kier molecular flexibility index (Phi) is 7.91. The van der Waals surface area contributed by atoms with Gasteiger partial charge in [-0.3, -0.25) is 4.99 Å². The Morgan fingerprint density at radius 3 is 2.92 bits per heavy atom. The second-order valence-electron chi connectivity index (χ2n) is 5.98. The molecule has 0 amide bonds. The lowest BCUT2D eigenvalue weighted by molar-refractivity contribution is 0.146. The van der Waals surface area contributed by atoms with Gasteiger partial charge in [0.05, 0.1) is 5.69 Å². The van der Waals surface area contributed by atoms with Crippen molar-refractivity contribution in [2.45, 2.75) is 32.7 Å². The molecule has 25 heavy (non-hydrogen) atoms. The molecule has 0 aromatic heterocycles. The first-order chi connectivity index (χ1) is 12.1. The highest BCUT2D eigenvalue weighted by Crippen LogP contribution is 2.24. The molecule has 1 heterocycles. The molecule has 1 unspecified atom stereocenters.